The lowest BCUT2D eigenvalue weighted by Crippen LogP contribution is -2.50. The third kappa shape index (κ3) is 4.20. The van der Waals surface area contributed by atoms with Crippen molar-refractivity contribution in [1.29, 1.82) is 0 Å². The molecule has 1 atom stereocenters. The van der Waals surface area contributed by atoms with Crippen LogP contribution in [0.5, 0.6) is 0 Å². The Morgan fingerprint density at radius 3 is 2.30 bits per heavy atom. The third-order valence-corrected chi connectivity index (χ3v) is 7.02. The summed E-state index contributed by atoms with van der Waals surface area (Å²) in [6.07, 6.45) is 2.59. The summed E-state index contributed by atoms with van der Waals surface area (Å²) in [6, 6.07) is 12.3. The number of aromatic nitrogens is 1. The maximum atomic E-state index is 12.9. The van der Waals surface area contributed by atoms with E-state index in [-0.39, 0.29) is 19.0 Å². The van der Waals surface area contributed by atoms with Gasteiger partial charge in [-0.15, -0.1) is 0 Å². The van der Waals surface area contributed by atoms with Gasteiger partial charge in [0.05, 0.1) is 4.90 Å². The molecule has 0 radical (unpaired) electrons. The number of carbonyl (C=O) groups is 1. The summed E-state index contributed by atoms with van der Waals surface area (Å²) in [5.41, 5.74) is 1.52. The van der Waals surface area contributed by atoms with Gasteiger partial charge in [-0.25, -0.2) is 8.42 Å². The van der Waals surface area contributed by atoms with Gasteiger partial charge in [-0.3, -0.25) is 9.78 Å². The highest BCUT2D eigenvalue weighted by molar-refractivity contribution is 7.89. The molecule has 1 aliphatic rings. The van der Waals surface area contributed by atoms with Crippen LogP contribution in [0, 0.1) is 0 Å². The van der Waals surface area contributed by atoms with Crippen LogP contribution < -0.4 is 0 Å². The molecule has 1 saturated heterocycles. The molecule has 0 saturated carbocycles. The van der Waals surface area contributed by atoms with E-state index in [0.717, 1.165) is 12.0 Å². The van der Waals surface area contributed by atoms with Gasteiger partial charge < -0.3 is 4.90 Å². The van der Waals surface area contributed by atoms with Crippen LogP contribution in [0.1, 0.15) is 42.2 Å². The van der Waals surface area contributed by atoms with Crippen molar-refractivity contribution in [3.63, 3.8) is 0 Å². The average molecular weight is 388 g/mol. The molecule has 6 nitrogen and oxygen atoms in total. The van der Waals surface area contributed by atoms with Crippen molar-refractivity contribution in [2.45, 2.75) is 31.1 Å². The smallest absolute Gasteiger partial charge is 0.272 e. The zero-order valence-corrected chi connectivity index (χ0v) is 16.5. The number of piperazine rings is 1. The normalized spacial score (nSPS) is 16.9. The van der Waals surface area contributed by atoms with E-state index in [9.17, 15) is 13.2 Å². The fraction of sp³-hybridized carbons (Fsp3) is 0.400. The van der Waals surface area contributed by atoms with E-state index in [1.807, 2.05) is 12.1 Å². The molecule has 144 valence electrons. The summed E-state index contributed by atoms with van der Waals surface area (Å²) < 4.78 is 27.2. The largest absolute Gasteiger partial charge is 0.335 e. The number of benzene rings is 1. The lowest BCUT2D eigenvalue weighted by atomic mass is 9.99. The molecule has 0 spiro atoms. The molecule has 1 aromatic heterocycles. The molecule has 1 amide bonds. The van der Waals surface area contributed by atoms with E-state index in [2.05, 4.69) is 18.8 Å². The zero-order valence-electron chi connectivity index (χ0n) is 15.7. The van der Waals surface area contributed by atoms with Gasteiger partial charge in [0.15, 0.2) is 0 Å². The maximum absolute atomic E-state index is 12.9. The van der Waals surface area contributed by atoms with Crippen LogP contribution in [0.4, 0.5) is 0 Å². The number of nitrogens with zero attached hydrogens (tertiary/aromatic N) is 3. The first-order valence-electron chi connectivity index (χ1n) is 9.24. The number of carbonyl (C=O) groups excluding carboxylic acids is 1. The Balaban J connectivity index is 1.67. The summed E-state index contributed by atoms with van der Waals surface area (Å²) in [5, 5.41) is 0. The molecule has 1 unspecified atom stereocenters. The summed E-state index contributed by atoms with van der Waals surface area (Å²) in [5.74, 6) is 0.244. The van der Waals surface area contributed by atoms with Crippen molar-refractivity contribution in [3.05, 3.63) is 59.9 Å². The molecule has 1 aromatic carbocycles. The third-order valence-electron chi connectivity index (χ3n) is 5.11. The molecule has 27 heavy (non-hydrogen) atoms. The summed E-state index contributed by atoms with van der Waals surface area (Å²) >= 11 is 0. The van der Waals surface area contributed by atoms with Gasteiger partial charge >= 0.3 is 0 Å². The fourth-order valence-electron chi connectivity index (χ4n) is 3.14. The van der Waals surface area contributed by atoms with Gasteiger partial charge in [-0.1, -0.05) is 32.0 Å². The van der Waals surface area contributed by atoms with Gasteiger partial charge in [0, 0.05) is 32.4 Å². The number of hydrogen-bond donors (Lipinski definition) is 0. The molecule has 0 N–H and O–H groups in total. The van der Waals surface area contributed by atoms with Crippen LogP contribution in [0.25, 0.3) is 0 Å². The quantitative estimate of drug-likeness (QED) is 0.791. The van der Waals surface area contributed by atoms with E-state index >= 15 is 0 Å². The van der Waals surface area contributed by atoms with Crippen molar-refractivity contribution in [2.75, 3.05) is 26.2 Å². The Kier molecular flexibility index (Phi) is 5.92. The highest BCUT2D eigenvalue weighted by Gasteiger charge is 2.30. The zero-order chi connectivity index (χ0) is 19.4. The second-order valence-electron chi connectivity index (χ2n) is 6.79. The Morgan fingerprint density at radius 2 is 1.74 bits per heavy atom. The molecule has 2 heterocycles. The Morgan fingerprint density at radius 1 is 1.07 bits per heavy atom. The van der Waals surface area contributed by atoms with Crippen molar-refractivity contribution >= 4 is 15.9 Å². The van der Waals surface area contributed by atoms with Crippen LogP contribution in [0.3, 0.4) is 0 Å². The molecule has 2 aromatic rings. The standard InChI is InChI=1S/C20H25N3O3S/c1-3-16(2)17-7-9-18(10-8-17)27(25,26)23-14-12-22(13-15-23)20(24)19-6-4-5-11-21-19/h4-11,16H,3,12-15H2,1-2H3. The van der Waals surface area contributed by atoms with Crippen molar-refractivity contribution in [2.24, 2.45) is 0 Å². The lowest BCUT2D eigenvalue weighted by molar-refractivity contribution is 0.0692. The molecule has 0 bridgehead atoms. The van der Waals surface area contributed by atoms with Gasteiger partial charge in [0.2, 0.25) is 10.0 Å². The monoisotopic (exact) mass is 387 g/mol. The molecule has 0 aliphatic carbocycles. The van der Waals surface area contributed by atoms with E-state index in [1.54, 1.807) is 41.4 Å². The van der Waals surface area contributed by atoms with Crippen LogP contribution in [0.15, 0.2) is 53.6 Å². The molecule has 3 rings (SSSR count). The predicted molar refractivity (Wildman–Crippen MR) is 104 cm³/mol. The summed E-state index contributed by atoms with van der Waals surface area (Å²) in [6.45, 7) is 5.53. The Hall–Kier alpha value is -2.25. The minimum absolute atomic E-state index is 0.162. The molecular weight excluding hydrogens is 362 g/mol. The van der Waals surface area contributed by atoms with Gasteiger partial charge in [-0.05, 0) is 42.2 Å². The van der Waals surface area contributed by atoms with Crippen LogP contribution >= 0.6 is 0 Å². The first-order chi connectivity index (χ1) is 12.9. The van der Waals surface area contributed by atoms with E-state index in [1.165, 1.54) is 4.31 Å². The first-order valence-corrected chi connectivity index (χ1v) is 10.7. The topological polar surface area (TPSA) is 70.6 Å². The van der Waals surface area contributed by atoms with Crippen molar-refractivity contribution in [3.8, 4) is 0 Å². The van der Waals surface area contributed by atoms with Crippen LogP contribution in [0.2, 0.25) is 0 Å². The molecule has 1 fully saturated rings. The summed E-state index contributed by atoms with van der Waals surface area (Å²) in [7, 11) is -3.55. The van der Waals surface area contributed by atoms with Crippen LogP contribution in [-0.2, 0) is 10.0 Å². The number of pyridine rings is 1. The van der Waals surface area contributed by atoms with Gasteiger partial charge in [0.25, 0.3) is 5.91 Å². The minimum Gasteiger partial charge on any atom is -0.335 e. The maximum Gasteiger partial charge on any atom is 0.272 e. The predicted octanol–water partition coefficient (Wildman–Crippen LogP) is 2.74. The minimum atomic E-state index is -3.55. The number of amides is 1. The van der Waals surface area contributed by atoms with Gasteiger partial charge in [-0.2, -0.15) is 4.31 Å². The molecule has 7 heteroatoms. The first kappa shape index (κ1) is 19.5. The van der Waals surface area contributed by atoms with Crippen molar-refractivity contribution < 1.29 is 13.2 Å². The number of hydrogen-bond acceptors (Lipinski definition) is 4. The van der Waals surface area contributed by atoms with E-state index in [0.29, 0.717) is 29.6 Å². The van der Waals surface area contributed by atoms with Crippen LogP contribution in [-0.4, -0.2) is 54.7 Å². The highest BCUT2D eigenvalue weighted by Crippen LogP contribution is 2.23. The lowest BCUT2D eigenvalue weighted by Gasteiger charge is -2.33. The summed E-state index contributed by atoms with van der Waals surface area (Å²) in [4.78, 5) is 18.5. The Bertz CT molecular complexity index is 874. The molecular formula is C20H25N3O3S. The fourth-order valence-corrected chi connectivity index (χ4v) is 4.56. The second kappa shape index (κ2) is 8.19. The second-order valence-corrected chi connectivity index (χ2v) is 8.73. The SMILES string of the molecule is CCC(C)c1ccc(S(=O)(=O)N2CCN(C(=O)c3ccccn3)CC2)cc1. The average Bonchev–Trinajstić information content (AvgIpc) is 2.73. The van der Waals surface area contributed by atoms with E-state index in [4.69, 9.17) is 0 Å². The number of sulfonamides is 1. The Labute approximate surface area is 160 Å². The highest BCUT2D eigenvalue weighted by atomic mass is 32.2. The van der Waals surface area contributed by atoms with Gasteiger partial charge in [0.1, 0.15) is 5.69 Å². The molecule has 1 aliphatic heterocycles. The number of rotatable bonds is 5. The van der Waals surface area contributed by atoms with Crippen molar-refractivity contribution in [1.82, 2.24) is 14.2 Å². The van der Waals surface area contributed by atoms with E-state index < -0.39 is 10.0 Å².